The number of pyridine rings is 2. The molecule has 3 heterocycles. The van der Waals surface area contributed by atoms with Gasteiger partial charge in [0.1, 0.15) is 16.9 Å². The molecule has 0 radical (unpaired) electrons. The van der Waals surface area contributed by atoms with Crippen LogP contribution in [0.1, 0.15) is 36.7 Å². The number of esters is 1. The van der Waals surface area contributed by atoms with E-state index in [4.69, 9.17) is 19.2 Å². The molecule has 0 bridgehead atoms. The van der Waals surface area contributed by atoms with Crippen LogP contribution in [0, 0.1) is 5.92 Å². The van der Waals surface area contributed by atoms with Crippen LogP contribution >= 0.6 is 0 Å². The van der Waals surface area contributed by atoms with Gasteiger partial charge in [-0.3, -0.25) is 14.0 Å². The van der Waals surface area contributed by atoms with Gasteiger partial charge in [-0.15, -0.1) is 0 Å². The largest absolute Gasteiger partial charge is 0.493 e. The molecule has 0 aliphatic heterocycles. The van der Waals surface area contributed by atoms with Crippen molar-refractivity contribution in [3.8, 4) is 11.5 Å². The van der Waals surface area contributed by atoms with Crippen molar-refractivity contribution in [2.75, 3.05) is 20.8 Å². The average Bonchev–Trinajstić information content (AvgIpc) is 2.90. The Morgan fingerprint density at radius 2 is 1.82 bits per heavy atom. The van der Waals surface area contributed by atoms with Gasteiger partial charge in [0.25, 0.3) is 11.5 Å². The molecule has 0 saturated carbocycles. The highest BCUT2D eigenvalue weighted by Gasteiger charge is 2.20. The van der Waals surface area contributed by atoms with Crippen molar-refractivity contribution >= 4 is 28.6 Å². The first kappa shape index (κ1) is 26.6. The SMILES string of the molecule is CCOC(=O)c1cc2c(=O)n3ccccc3nc2n(CC(C)C)c1=NC(=O)Cc1ccc(OC)c(OC)c1. The van der Waals surface area contributed by atoms with E-state index in [0.29, 0.717) is 34.9 Å². The number of methoxy groups -OCH3 is 2. The molecule has 10 heteroatoms. The molecule has 0 aliphatic rings. The third-order valence-electron chi connectivity index (χ3n) is 5.87. The van der Waals surface area contributed by atoms with Crippen LogP contribution in [0.5, 0.6) is 11.5 Å². The van der Waals surface area contributed by atoms with E-state index in [1.165, 1.54) is 24.7 Å². The number of ether oxygens (including phenoxy) is 3. The molecule has 38 heavy (non-hydrogen) atoms. The summed E-state index contributed by atoms with van der Waals surface area (Å²) in [5, 5.41) is 0.226. The number of aromatic nitrogens is 3. The monoisotopic (exact) mass is 518 g/mol. The zero-order valence-electron chi connectivity index (χ0n) is 22.1. The lowest BCUT2D eigenvalue weighted by atomic mass is 10.1. The maximum Gasteiger partial charge on any atom is 0.341 e. The molecule has 0 saturated heterocycles. The van der Waals surface area contributed by atoms with Crippen LogP contribution < -0.4 is 20.5 Å². The van der Waals surface area contributed by atoms with Crippen LogP contribution in [-0.4, -0.2) is 46.7 Å². The number of nitrogens with zero attached hydrogens (tertiary/aromatic N) is 4. The van der Waals surface area contributed by atoms with Gasteiger partial charge in [0.2, 0.25) is 0 Å². The molecule has 3 aromatic heterocycles. The smallest absolute Gasteiger partial charge is 0.341 e. The van der Waals surface area contributed by atoms with E-state index in [2.05, 4.69) is 4.99 Å². The van der Waals surface area contributed by atoms with Crippen molar-refractivity contribution in [3.63, 3.8) is 0 Å². The lowest BCUT2D eigenvalue weighted by Gasteiger charge is -2.16. The van der Waals surface area contributed by atoms with Gasteiger partial charge in [-0.05, 0) is 48.7 Å². The van der Waals surface area contributed by atoms with Crippen molar-refractivity contribution in [1.82, 2.24) is 14.0 Å². The third kappa shape index (κ3) is 5.29. The van der Waals surface area contributed by atoms with Gasteiger partial charge in [0.15, 0.2) is 17.0 Å². The predicted octanol–water partition coefficient (Wildman–Crippen LogP) is 3.17. The topological polar surface area (TPSA) is 113 Å². The second kappa shape index (κ2) is 11.3. The molecular weight excluding hydrogens is 488 g/mol. The predicted molar refractivity (Wildman–Crippen MR) is 142 cm³/mol. The lowest BCUT2D eigenvalue weighted by Crippen LogP contribution is -2.34. The minimum atomic E-state index is -0.679. The molecule has 1 aromatic carbocycles. The molecule has 0 fully saturated rings. The summed E-state index contributed by atoms with van der Waals surface area (Å²) in [5.41, 5.74) is 1.22. The number of hydrogen-bond acceptors (Lipinski definition) is 7. The van der Waals surface area contributed by atoms with Gasteiger partial charge >= 0.3 is 5.97 Å². The van der Waals surface area contributed by atoms with E-state index in [-0.39, 0.29) is 40.9 Å². The van der Waals surface area contributed by atoms with Gasteiger partial charge in [-0.2, -0.15) is 4.99 Å². The van der Waals surface area contributed by atoms with E-state index in [1.807, 2.05) is 13.8 Å². The van der Waals surface area contributed by atoms with E-state index < -0.39 is 11.9 Å². The second-order valence-electron chi connectivity index (χ2n) is 9.06. The summed E-state index contributed by atoms with van der Waals surface area (Å²) in [6, 6.07) is 11.8. The highest BCUT2D eigenvalue weighted by Crippen LogP contribution is 2.27. The van der Waals surface area contributed by atoms with Crippen LogP contribution in [0.3, 0.4) is 0 Å². The Morgan fingerprint density at radius 1 is 1.05 bits per heavy atom. The fourth-order valence-electron chi connectivity index (χ4n) is 4.22. The molecule has 198 valence electrons. The first-order valence-electron chi connectivity index (χ1n) is 12.3. The van der Waals surface area contributed by atoms with E-state index in [0.717, 1.165) is 0 Å². The van der Waals surface area contributed by atoms with E-state index in [1.54, 1.807) is 54.1 Å². The van der Waals surface area contributed by atoms with E-state index in [9.17, 15) is 14.4 Å². The number of carbonyl (C=O) groups is 2. The van der Waals surface area contributed by atoms with Crippen LogP contribution in [0.4, 0.5) is 0 Å². The summed E-state index contributed by atoms with van der Waals surface area (Å²) in [4.78, 5) is 48.7. The highest BCUT2D eigenvalue weighted by molar-refractivity contribution is 5.94. The molecule has 1 amide bonds. The molecule has 0 unspecified atom stereocenters. The summed E-state index contributed by atoms with van der Waals surface area (Å²) < 4.78 is 19.0. The number of hydrogen-bond donors (Lipinski definition) is 0. The van der Waals surface area contributed by atoms with Crippen molar-refractivity contribution in [2.45, 2.75) is 33.7 Å². The zero-order valence-corrected chi connectivity index (χ0v) is 22.1. The molecule has 10 nitrogen and oxygen atoms in total. The molecule has 4 rings (SSSR count). The minimum absolute atomic E-state index is 0.0236. The van der Waals surface area contributed by atoms with Crippen molar-refractivity contribution in [3.05, 3.63) is 75.6 Å². The summed E-state index contributed by atoms with van der Waals surface area (Å²) in [7, 11) is 3.05. The van der Waals surface area contributed by atoms with Gasteiger partial charge in [0, 0.05) is 12.7 Å². The summed E-state index contributed by atoms with van der Waals surface area (Å²) >= 11 is 0. The Labute approximate surface area is 219 Å². The number of fused-ring (bicyclic) bond motifs is 2. The Hall–Kier alpha value is -4.47. The number of carbonyl (C=O) groups excluding carboxylic acids is 2. The number of amides is 1. The molecule has 0 N–H and O–H groups in total. The standard InChI is InChI=1S/C28H30N4O6/c1-6-38-28(35)20-15-19-25(29-23-9-7-8-12-31(23)27(19)34)32(16-17(2)3)26(20)30-24(33)14-18-10-11-21(36-4)22(13-18)37-5/h7-13,15,17H,6,14,16H2,1-5H3. The normalized spacial score (nSPS) is 11.8. The third-order valence-corrected chi connectivity index (χ3v) is 5.87. The highest BCUT2D eigenvalue weighted by atomic mass is 16.5. The summed E-state index contributed by atoms with van der Waals surface area (Å²) in [5.74, 6) is -0.0490. The van der Waals surface area contributed by atoms with Gasteiger partial charge in [-0.25, -0.2) is 9.78 Å². The zero-order chi connectivity index (χ0) is 27.4. The van der Waals surface area contributed by atoms with Crippen molar-refractivity contribution < 1.29 is 23.8 Å². The Balaban J connectivity index is 1.97. The first-order chi connectivity index (χ1) is 18.3. The quantitative estimate of drug-likeness (QED) is 0.260. The second-order valence-corrected chi connectivity index (χ2v) is 9.06. The number of benzene rings is 1. The van der Waals surface area contributed by atoms with Gasteiger partial charge in [0.05, 0.1) is 32.6 Å². The molecule has 0 atom stereocenters. The Bertz CT molecular complexity index is 1650. The van der Waals surface area contributed by atoms with Gasteiger partial charge < -0.3 is 18.8 Å². The molecule has 4 aromatic rings. The fraction of sp³-hybridized carbons (Fsp3) is 0.321. The average molecular weight is 519 g/mol. The van der Waals surface area contributed by atoms with Crippen LogP contribution in [0.25, 0.3) is 16.7 Å². The molecular formula is C28H30N4O6. The van der Waals surface area contributed by atoms with Crippen LogP contribution in [-0.2, 0) is 22.5 Å². The maximum absolute atomic E-state index is 13.4. The maximum atomic E-state index is 13.4. The summed E-state index contributed by atoms with van der Waals surface area (Å²) in [6.45, 7) is 6.14. The van der Waals surface area contributed by atoms with Crippen molar-refractivity contribution in [2.24, 2.45) is 10.9 Å². The first-order valence-corrected chi connectivity index (χ1v) is 12.3. The fourth-order valence-corrected chi connectivity index (χ4v) is 4.22. The van der Waals surface area contributed by atoms with E-state index >= 15 is 0 Å². The minimum Gasteiger partial charge on any atom is -0.493 e. The number of rotatable bonds is 8. The Kier molecular flexibility index (Phi) is 7.90. The summed E-state index contributed by atoms with van der Waals surface area (Å²) in [6.07, 6.45) is 1.57. The lowest BCUT2D eigenvalue weighted by molar-refractivity contribution is -0.117. The van der Waals surface area contributed by atoms with Gasteiger partial charge in [-0.1, -0.05) is 26.0 Å². The molecule has 0 aliphatic carbocycles. The van der Waals surface area contributed by atoms with Crippen LogP contribution in [0.2, 0.25) is 0 Å². The molecule has 0 spiro atoms. The Morgan fingerprint density at radius 3 is 2.50 bits per heavy atom. The van der Waals surface area contributed by atoms with Crippen molar-refractivity contribution in [1.29, 1.82) is 0 Å². The van der Waals surface area contributed by atoms with Crippen LogP contribution in [0.15, 0.2) is 58.4 Å².